The summed E-state index contributed by atoms with van der Waals surface area (Å²) >= 11 is 0. The smallest absolute Gasteiger partial charge is 0.337 e. The quantitative estimate of drug-likeness (QED) is 0.669. The summed E-state index contributed by atoms with van der Waals surface area (Å²) < 4.78 is 12.1. The Bertz CT molecular complexity index is 607. The lowest BCUT2D eigenvalue weighted by Crippen LogP contribution is -2.02. The fourth-order valence-corrected chi connectivity index (χ4v) is 1.74. The molecule has 0 fully saturated rings. The van der Waals surface area contributed by atoms with Gasteiger partial charge in [-0.15, -0.1) is 0 Å². The molecule has 0 bridgehead atoms. The van der Waals surface area contributed by atoms with Gasteiger partial charge in [0.05, 0.1) is 30.8 Å². The van der Waals surface area contributed by atoms with Crippen molar-refractivity contribution >= 4 is 11.7 Å². The highest BCUT2D eigenvalue weighted by atomic mass is 16.5. The second-order valence-corrected chi connectivity index (χ2v) is 4.29. The molecule has 6 heteroatoms. The van der Waals surface area contributed by atoms with Gasteiger partial charge in [0.15, 0.2) is 11.5 Å². The van der Waals surface area contributed by atoms with E-state index in [4.69, 9.17) is 10.5 Å². The van der Waals surface area contributed by atoms with Crippen molar-refractivity contribution in [3.8, 4) is 11.5 Å². The van der Waals surface area contributed by atoms with Gasteiger partial charge in [-0.2, -0.15) is 5.10 Å². The van der Waals surface area contributed by atoms with Gasteiger partial charge in [-0.25, -0.2) is 4.79 Å². The summed E-state index contributed by atoms with van der Waals surface area (Å²) in [7, 11) is 1.33. The first-order valence-corrected chi connectivity index (χ1v) is 6.32. The largest absolute Gasteiger partial charge is 0.465 e. The molecule has 0 unspecified atom stereocenters. The van der Waals surface area contributed by atoms with Crippen molar-refractivity contribution in [2.24, 2.45) is 0 Å². The average molecular weight is 275 g/mol. The van der Waals surface area contributed by atoms with Crippen LogP contribution < -0.4 is 10.5 Å². The second-order valence-electron chi connectivity index (χ2n) is 4.29. The zero-order valence-electron chi connectivity index (χ0n) is 11.5. The molecule has 2 N–H and O–H groups in total. The first kappa shape index (κ1) is 13.9. The number of carbonyl (C=O) groups is 1. The van der Waals surface area contributed by atoms with Crippen LogP contribution in [0.5, 0.6) is 11.5 Å². The SMILES string of the molecule is CCCn1cc(Oc2cc(C(=O)OC)ccc2N)cn1. The molecule has 0 aliphatic carbocycles. The molecule has 1 aromatic carbocycles. The van der Waals surface area contributed by atoms with Crippen molar-refractivity contribution in [1.29, 1.82) is 0 Å². The van der Waals surface area contributed by atoms with E-state index >= 15 is 0 Å². The van der Waals surface area contributed by atoms with Gasteiger partial charge < -0.3 is 15.2 Å². The first-order chi connectivity index (χ1) is 9.63. The molecule has 0 atom stereocenters. The summed E-state index contributed by atoms with van der Waals surface area (Å²) in [5, 5.41) is 4.16. The molecular formula is C14H17N3O3. The van der Waals surface area contributed by atoms with E-state index in [1.165, 1.54) is 7.11 Å². The Kier molecular flexibility index (Phi) is 4.24. The van der Waals surface area contributed by atoms with Gasteiger partial charge in [0.2, 0.25) is 0 Å². The van der Waals surface area contributed by atoms with Gasteiger partial charge >= 0.3 is 5.97 Å². The van der Waals surface area contributed by atoms with E-state index in [0.717, 1.165) is 13.0 Å². The van der Waals surface area contributed by atoms with Crippen LogP contribution in [0.15, 0.2) is 30.6 Å². The Balaban J connectivity index is 2.20. The highest BCUT2D eigenvalue weighted by molar-refractivity contribution is 5.90. The van der Waals surface area contributed by atoms with Crippen LogP contribution in [-0.2, 0) is 11.3 Å². The number of nitrogens with two attached hydrogens (primary N) is 1. The number of aryl methyl sites for hydroxylation is 1. The number of carbonyl (C=O) groups excluding carboxylic acids is 1. The molecule has 0 spiro atoms. The average Bonchev–Trinajstić information content (AvgIpc) is 2.88. The van der Waals surface area contributed by atoms with Gasteiger partial charge in [0.1, 0.15) is 0 Å². The lowest BCUT2D eigenvalue weighted by Gasteiger charge is -2.08. The number of esters is 1. The summed E-state index contributed by atoms with van der Waals surface area (Å²) in [6.45, 7) is 2.89. The number of nitrogens with zero attached hydrogens (tertiary/aromatic N) is 2. The van der Waals surface area contributed by atoms with E-state index in [9.17, 15) is 4.79 Å². The number of ether oxygens (including phenoxy) is 2. The minimum absolute atomic E-state index is 0.387. The lowest BCUT2D eigenvalue weighted by molar-refractivity contribution is 0.0600. The predicted octanol–water partition coefficient (Wildman–Crippen LogP) is 2.45. The topological polar surface area (TPSA) is 79.4 Å². The maximum absolute atomic E-state index is 11.5. The molecule has 1 aromatic heterocycles. The van der Waals surface area contributed by atoms with Gasteiger partial charge in [-0.05, 0) is 24.6 Å². The van der Waals surface area contributed by atoms with Gasteiger partial charge in [-0.3, -0.25) is 4.68 Å². The number of hydrogen-bond donors (Lipinski definition) is 1. The Morgan fingerprint density at radius 1 is 1.45 bits per heavy atom. The van der Waals surface area contributed by atoms with Crippen LogP contribution in [0.2, 0.25) is 0 Å². The number of nitrogen functional groups attached to an aromatic ring is 1. The lowest BCUT2D eigenvalue weighted by atomic mass is 10.2. The Labute approximate surface area is 117 Å². The highest BCUT2D eigenvalue weighted by Crippen LogP contribution is 2.28. The maximum Gasteiger partial charge on any atom is 0.337 e. The fourth-order valence-electron chi connectivity index (χ4n) is 1.74. The fraction of sp³-hybridized carbons (Fsp3) is 0.286. The number of rotatable bonds is 5. The van der Waals surface area contributed by atoms with Crippen molar-refractivity contribution in [3.63, 3.8) is 0 Å². The molecule has 2 rings (SSSR count). The second kappa shape index (κ2) is 6.10. The molecule has 20 heavy (non-hydrogen) atoms. The Morgan fingerprint density at radius 3 is 2.95 bits per heavy atom. The third-order valence-electron chi connectivity index (χ3n) is 2.72. The van der Waals surface area contributed by atoms with Crippen LogP contribution in [0.1, 0.15) is 23.7 Å². The number of hydrogen-bond acceptors (Lipinski definition) is 5. The summed E-state index contributed by atoms with van der Waals surface area (Å²) in [4.78, 5) is 11.5. The van der Waals surface area contributed by atoms with Crippen molar-refractivity contribution in [2.75, 3.05) is 12.8 Å². The van der Waals surface area contributed by atoms with E-state index < -0.39 is 5.97 Å². The van der Waals surface area contributed by atoms with Crippen molar-refractivity contribution in [2.45, 2.75) is 19.9 Å². The zero-order chi connectivity index (χ0) is 14.5. The summed E-state index contributed by atoms with van der Waals surface area (Å²) in [6, 6.07) is 4.75. The Hall–Kier alpha value is -2.50. The molecule has 6 nitrogen and oxygen atoms in total. The molecule has 0 aliphatic heterocycles. The van der Waals surface area contributed by atoms with Crippen LogP contribution in [0.4, 0.5) is 5.69 Å². The number of aromatic nitrogens is 2. The van der Waals surface area contributed by atoms with Crippen LogP contribution in [0.3, 0.4) is 0 Å². The third kappa shape index (κ3) is 3.09. The molecule has 0 saturated carbocycles. The molecule has 0 saturated heterocycles. The molecule has 2 aromatic rings. The van der Waals surface area contributed by atoms with Crippen molar-refractivity contribution in [3.05, 3.63) is 36.2 Å². The van der Waals surface area contributed by atoms with Crippen molar-refractivity contribution < 1.29 is 14.3 Å². The molecule has 0 aliphatic rings. The number of anilines is 1. The van der Waals surface area contributed by atoms with E-state index in [2.05, 4.69) is 16.8 Å². The number of benzene rings is 1. The molecule has 0 amide bonds. The molecule has 0 radical (unpaired) electrons. The third-order valence-corrected chi connectivity index (χ3v) is 2.72. The first-order valence-electron chi connectivity index (χ1n) is 6.32. The van der Waals surface area contributed by atoms with E-state index in [-0.39, 0.29) is 0 Å². The van der Waals surface area contributed by atoms with Gasteiger partial charge in [0.25, 0.3) is 0 Å². The van der Waals surface area contributed by atoms with Crippen LogP contribution in [0.25, 0.3) is 0 Å². The van der Waals surface area contributed by atoms with E-state index in [1.807, 2.05) is 0 Å². The Morgan fingerprint density at radius 2 is 2.25 bits per heavy atom. The minimum Gasteiger partial charge on any atom is -0.465 e. The van der Waals surface area contributed by atoms with Crippen LogP contribution in [-0.4, -0.2) is 22.9 Å². The molecule has 1 heterocycles. The van der Waals surface area contributed by atoms with Crippen molar-refractivity contribution in [1.82, 2.24) is 9.78 Å². The van der Waals surface area contributed by atoms with E-state index in [1.54, 1.807) is 35.3 Å². The minimum atomic E-state index is -0.434. The van der Waals surface area contributed by atoms with E-state index in [0.29, 0.717) is 22.7 Å². The predicted molar refractivity (Wildman–Crippen MR) is 74.8 cm³/mol. The van der Waals surface area contributed by atoms with Crippen LogP contribution >= 0.6 is 0 Å². The van der Waals surface area contributed by atoms with Crippen LogP contribution in [0, 0.1) is 0 Å². The van der Waals surface area contributed by atoms with Gasteiger partial charge in [0, 0.05) is 6.54 Å². The monoisotopic (exact) mass is 275 g/mol. The number of methoxy groups -OCH3 is 1. The molecule has 106 valence electrons. The standard InChI is InChI=1S/C14H17N3O3/c1-3-6-17-9-11(8-16-17)20-13-7-10(14(18)19-2)4-5-12(13)15/h4-5,7-9H,3,6,15H2,1-2H3. The summed E-state index contributed by atoms with van der Waals surface area (Å²) in [5.74, 6) is 0.549. The van der Waals surface area contributed by atoms with Gasteiger partial charge in [-0.1, -0.05) is 6.92 Å². The summed E-state index contributed by atoms with van der Waals surface area (Å²) in [6.07, 6.45) is 4.38. The zero-order valence-corrected chi connectivity index (χ0v) is 11.5. The normalized spacial score (nSPS) is 10.3. The highest BCUT2D eigenvalue weighted by Gasteiger charge is 2.10. The molecular weight excluding hydrogens is 258 g/mol. The summed E-state index contributed by atoms with van der Waals surface area (Å²) in [5.41, 5.74) is 6.67. The maximum atomic E-state index is 11.5.